The molecule has 24 nitrogen and oxygen atoms in total. The molecule has 0 unspecified atom stereocenters. The van der Waals surface area contributed by atoms with Crippen molar-refractivity contribution >= 4 is 89.5 Å². The fourth-order valence-electron chi connectivity index (χ4n) is 6.78. The molecule has 26 heteroatoms. The summed E-state index contributed by atoms with van der Waals surface area (Å²) in [6, 6.07) is -3.77. The number of amides is 9. The van der Waals surface area contributed by atoms with Gasteiger partial charge in [-0.05, 0) is 69.6 Å². The maximum atomic E-state index is 14.0. The van der Waals surface area contributed by atoms with Crippen molar-refractivity contribution in [3.8, 4) is 0 Å². The molecule has 1 heterocycles. The van der Waals surface area contributed by atoms with Crippen molar-refractivity contribution < 1.29 is 68.1 Å². The second-order valence-electron chi connectivity index (χ2n) is 16.7. The topological polar surface area (TPSA) is 383 Å². The Morgan fingerprint density at radius 2 is 1.22 bits per heavy atom. The molecule has 69 heavy (non-hydrogen) atoms. The van der Waals surface area contributed by atoms with Crippen LogP contribution in [-0.2, 0) is 59.2 Å². The lowest BCUT2D eigenvalue weighted by Crippen LogP contribution is -2.63. The third-order valence-electron chi connectivity index (χ3n) is 10.7. The van der Waals surface area contributed by atoms with Crippen LogP contribution in [-0.4, -0.2) is 165 Å². The van der Waals surface area contributed by atoms with Gasteiger partial charge in [0.1, 0.15) is 48.3 Å². The van der Waals surface area contributed by atoms with E-state index in [1.807, 2.05) is 0 Å². The summed E-state index contributed by atoms with van der Waals surface area (Å²) >= 11 is 5.50. The van der Waals surface area contributed by atoms with Gasteiger partial charge in [-0.1, -0.05) is 44.2 Å². The quantitative estimate of drug-likeness (QED) is 0.0332. The highest BCUT2D eigenvalue weighted by atomic mass is 32.2. The Balaban J connectivity index is 2.32. The SMILES string of the molecule is CSCC[C@H](NC(=O)[C@H](CC(N)=O)NC(=O)[C@@H](NC(=O)[C@@H](NC(=O)[C@H](Cc1ccccc1)NC(=O)[C@H](CS)NC(=O)[C@@H]1CCCN1)C(C)C)[C@@H](C)O)C(=O)N[C@@H](CCC(=O)O)C(=O)N[C@@H](C)C(=O)O. The molecule has 1 aromatic rings. The highest BCUT2D eigenvalue weighted by Crippen LogP contribution is 2.11. The van der Waals surface area contributed by atoms with Gasteiger partial charge in [-0.15, -0.1) is 0 Å². The van der Waals surface area contributed by atoms with Crippen LogP contribution in [0.3, 0.4) is 0 Å². The number of thioether (sulfide) groups is 1. The second kappa shape index (κ2) is 29.8. The fraction of sp³-hybridized carbons (Fsp3) is 0.605. The average Bonchev–Trinajstić information content (AvgIpc) is 3.84. The summed E-state index contributed by atoms with van der Waals surface area (Å²) in [6.45, 7) is 6.07. The van der Waals surface area contributed by atoms with E-state index in [0.29, 0.717) is 18.5 Å². The number of thiol groups is 1. The van der Waals surface area contributed by atoms with Gasteiger partial charge in [0.25, 0.3) is 0 Å². The van der Waals surface area contributed by atoms with Crippen LogP contribution < -0.4 is 53.6 Å². The summed E-state index contributed by atoms with van der Waals surface area (Å²) < 4.78 is 0. The molecule has 0 spiro atoms. The van der Waals surface area contributed by atoms with E-state index in [0.717, 1.165) is 20.3 Å². The standard InChI is InChI=1S/C43H66N10O14S2/c1-21(2)33(52-39(62)28(18-24-10-7-6-8-11-24)49-40(63)30(20-68)51-35(58)25-12-9-16-45-25)41(64)53-34(23(4)54)42(65)50-29(19-31(44)55)38(61)48-27(15-17-69-5)37(60)47-26(13-14-32(56)57)36(59)46-22(3)43(66)67/h6-8,10-11,21-23,25-30,33-34,45,54,68H,9,12-20H2,1-5H3,(H2,44,55)(H,46,59)(H,47,60)(H,48,61)(H,49,63)(H,50,65)(H,51,58)(H,52,62)(H,53,64)(H,56,57)(H,66,67)/t22-,23+,25-,26-,27-,28-,29-,30-,33-,34-/m0/s1. The van der Waals surface area contributed by atoms with E-state index < -0.39 is 151 Å². The number of aliphatic hydroxyl groups is 1. The van der Waals surface area contributed by atoms with Crippen molar-refractivity contribution in [1.82, 2.24) is 47.9 Å². The van der Waals surface area contributed by atoms with Gasteiger partial charge in [-0.25, -0.2) is 0 Å². The summed E-state index contributed by atoms with van der Waals surface area (Å²) in [5, 5.41) is 51.6. The Labute approximate surface area is 409 Å². The van der Waals surface area contributed by atoms with Crippen LogP contribution in [0.4, 0.5) is 0 Å². The first-order chi connectivity index (χ1) is 32.5. The molecular formula is C43H66N10O14S2. The molecule has 0 bridgehead atoms. The van der Waals surface area contributed by atoms with Crippen LogP contribution in [0.2, 0.25) is 0 Å². The van der Waals surface area contributed by atoms with Gasteiger partial charge in [0.15, 0.2) is 0 Å². The summed E-state index contributed by atoms with van der Waals surface area (Å²) in [7, 11) is 0. The van der Waals surface area contributed by atoms with Crippen molar-refractivity contribution in [3.05, 3.63) is 35.9 Å². The smallest absolute Gasteiger partial charge is 0.325 e. The van der Waals surface area contributed by atoms with Gasteiger partial charge >= 0.3 is 11.9 Å². The number of carbonyl (C=O) groups is 11. The van der Waals surface area contributed by atoms with Crippen LogP contribution in [0.5, 0.6) is 0 Å². The van der Waals surface area contributed by atoms with Gasteiger partial charge < -0.3 is 68.9 Å². The Morgan fingerprint density at radius 3 is 1.74 bits per heavy atom. The van der Waals surface area contributed by atoms with Crippen LogP contribution in [0.25, 0.3) is 0 Å². The van der Waals surface area contributed by atoms with Crippen LogP contribution in [0.1, 0.15) is 71.8 Å². The van der Waals surface area contributed by atoms with Crippen molar-refractivity contribution in [3.63, 3.8) is 0 Å². The predicted molar refractivity (Wildman–Crippen MR) is 254 cm³/mol. The van der Waals surface area contributed by atoms with Crippen molar-refractivity contribution in [2.45, 2.75) is 133 Å². The number of primary amides is 1. The first-order valence-corrected chi connectivity index (χ1v) is 24.2. The molecule has 10 atom stereocenters. The molecule has 0 aromatic heterocycles. The molecule has 14 N–H and O–H groups in total. The molecule has 2 rings (SSSR count). The zero-order valence-electron chi connectivity index (χ0n) is 39.1. The molecule has 0 radical (unpaired) electrons. The third-order valence-corrected chi connectivity index (χ3v) is 11.7. The minimum absolute atomic E-state index is 0.0449. The monoisotopic (exact) mass is 1010 g/mol. The highest BCUT2D eigenvalue weighted by Gasteiger charge is 2.37. The van der Waals surface area contributed by atoms with Crippen molar-refractivity contribution in [2.75, 3.05) is 24.3 Å². The summed E-state index contributed by atoms with van der Waals surface area (Å²) in [6.07, 6.45) is -0.674. The molecule has 1 fully saturated rings. The molecule has 384 valence electrons. The summed E-state index contributed by atoms with van der Waals surface area (Å²) in [5.41, 5.74) is 6.04. The first-order valence-electron chi connectivity index (χ1n) is 22.2. The Kier molecular flexibility index (Phi) is 25.5. The molecule has 1 aliphatic heterocycles. The van der Waals surface area contributed by atoms with Gasteiger partial charge in [-0.2, -0.15) is 24.4 Å². The van der Waals surface area contributed by atoms with E-state index in [1.165, 1.54) is 11.8 Å². The number of nitrogens with one attached hydrogen (secondary N) is 9. The lowest BCUT2D eigenvalue weighted by Gasteiger charge is -2.29. The minimum Gasteiger partial charge on any atom is -0.481 e. The number of hydrogen-bond donors (Lipinski definition) is 14. The number of aliphatic carboxylic acids is 2. The van der Waals surface area contributed by atoms with E-state index in [4.69, 9.17) is 5.73 Å². The second-order valence-corrected chi connectivity index (χ2v) is 18.1. The average molecular weight is 1010 g/mol. The number of nitrogens with two attached hydrogens (primary N) is 1. The Bertz CT molecular complexity index is 1970. The number of carbonyl (C=O) groups excluding carboxylic acids is 9. The molecule has 0 saturated carbocycles. The maximum Gasteiger partial charge on any atom is 0.325 e. The van der Waals surface area contributed by atoms with E-state index in [9.17, 15) is 68.1 Å². The molecule has 1 aromatic carbocycles. The Morgan fingerprint density at radius 1 is 0.696 bits per heavy atom. The van der Waals surface area contributed by atoms with Crippen LogP contribution in [0.15, 0.2) is 30.3 Å². The van der Waals surface area contributed by atoms with Crippen LogP contribution >= 0.6 is 24.4 Å². The molecule has 9 amide bonds. The van der Waals surface area contributed by atoms with Gasteiger partial charge in [0.05, 0.1) is 18.6 Å². The van der Waals surface area contributed by atoms with Gasteiger partial charge in [-0.3, -0.25) is 52.7 Å². The minimum atomic E-state index is -1.83. The number of benzene rings is 1. The lowest BCUT2D eigenvalue weighted by molar-refractivity contribution is -0.142. The van der Waals surface area contributed by atoms with Gasteiger partial charge in [0, 0.05) is 18.6 Å². The number of rotatable bonds is 30. The molecular weight excluding hydrogens is 945 g/mol. The number of carboxylic acids is 2. The van der Waals surface area contributed by atoms with Crippen molar-refractivity contribution in [2.24, 2.45) is 11.7 Å². The normalized spacial score (nSPS) is 17.1. The number of hydrogen-bond acceptors (Lipinski definition) is 15. The van der Waals surface area contributed by atoms with Crippen LogP contribution in [0, 0.1) is 5.92 Å². The maximum absolute atomic E-state index is 14.0. The summed E-state index contributed by atoms with van der Waals surface area (Å²) in [4.78, 5) is 143. The molecule has 1 aliphatic rings. The van der Waals surface area contributed by atoms with E-state index >= 15 is 0 Å². The van der Waals surface area contributed by atoms with Crippen molar-refractivity contribution in [1.29, 1.82) is 0 Å². The zero-order valence-corrected chi connectivity index (χ0v) is 40.8. The molecule has 0 aliphatic carbocycles. The van der Waals surface area contributed by atoms with E-state index in [-0.39, 0.29) is 24.3 Å². The largest absolute Gasteiger partial charge is 0.481 e. The molecule has 1 saturated heterocycles. The first kappa shape index (κ1) is 59.1. The fourth-order valence-corrected chi connectivity index (χ4v) is 7.51. The Hall–Kier alpha value is -5.99. The zero-order chi connectivity index (χ0) is 52.0. The predicted octanol–water partition coefficient (Wildman–Crippen LogP) is -3.58. The van der Waals surface area contributed by atoms with E-state index in [2.05, 4.69) is 60.5 Å². The third kappa shape index (κ3) is 20.6. The summed E-state index contributed by atoms with van der Waals surface area (Å²) in [5.74, 6) is -11.6. The highest BCUT2D eigenvalue weighted by molar-refractivity contribution is 7.98. The number of aliphatic hydroxyl groups excluding tert-OH is 1. The van der Waals surface area contributed by atoms with Gasteiger partial charge in [0.2, 0.25) is 53.2 Å². The number of carboxylic acid groups (broad SMARTS) is 2. The van der Waals surface area contributed by atoms with E-state index in [1.54, 1.807) is 50.4 Å². The lowest BCUT2D eigenvalue weighted by atomic mass is 10.00.